The summed E-state index contributed by atoms with van der Waals surface area (Å²) in [5.74, 6) is -1.75. The summed E-state index contributed by atoms with van der Waals surface area (Å²) in [6, 6.07) is 7.70. The quantitative estimate of drug-likeness (QED) is 0.0752. The average Bonchev–Trinajstić information content (AvgIpc) is 3.39. The summed E-state index contributed by atoms with van der Waals surface area (Å²) >= 11 is 5.47. The van der Waals surface area contributed by atoms with E-state index >= 15 is 0 Å². The third kappa shape index (κ3) is 6.42. The molecular formula is C29H33ClFIN6O6P-. The van der Waals surface area contributed by atoms with Crippen molar-refractivity contribution in [3.63, 3.8) is 0 Å². The summed E-state index contributed by atoms with van der Waals surface area (Å²) in [4.78, 5) is 65.9. The van der Waals surface area contributed by atoms with Gasteiger partial charge in [-0.3, -0.25) is 0 Å². The van der Waals surface area contributed by atoms with Crippen molar-refractivity contribution >= 4 is 53.0 Å². The van der Waals surface area contributed by atoms with E-state index in [1.807, 2.05) is 0 Å². The van der Waals surface area contributed by atoms with Crippen LogP contribution in [0.4, 0.5) is 4.39 Å². The van der Waals surface area contributed by atoms with Crippen molar-refractivity contribution in [1.29, 1.82) is 0 Å². The first-order chi connectivity index (χ1) is 21.3. The summed E-state index contributed by atoms with van der Waals surface area (Å²) in [5.41, 5.74) is 0.551. The Morgan fingerprint density at radius 1 is 1.18 bits per heavy atom. The molecule has 2 aromatic carbocycles. The molecule has 45 heavy (non-hydrogen) atoms. The molecule has 1 aromatic heterocycles. The number of aromatic nitrogens is 2. The van der Waals surface area contributed by atoms with Gasteiger partial charge in [0, 0.05) is 0 Å². The summed E-state index contributed by atoms with van der Waals surface area (Å²) in [6.45, 7) is 5.40. The average molecular weight is 774 g/mol. The monoisotopic (exact) mass is 773 g/mol. The van der Waals surface area contributed by atoms with E-state index in [9.17, 15) is 33.1 Å². The Kier molecular flexibility index (Phi) is 8.87. The van der Waals surface area contributed by atoms with Crippen LogP contribution in [0.1, 0.15) is 29.4 Å². The van der Waals surface area contributed by atoms with Crippen molar-refractivity contribution in [2.75, 3.05) is 39.8 Å². The molecule has 2 amide bonds. The number of carbonyl (C=O) groups excluding carboxylic acids is 3. The molecule has 3 saturated heterocycles. The maximum absolute atomic E-state index is 14.5. The van der Waals surface area contributed by atoms with E-state index in [4.69, 9.17) is 11.6 Å². The Morgan fingerprint density at radius 2 is 1.91 bits per heavy atom. The number of carbonyl (C=O) groups is 3. The fraction of sp³-hybridized carbons (Fsp3) is 0.448. The van der Waals surface area contributed by atoms with Crippen LogP contribution in [-0.4, -0.2) is 105 Å². The Bertz CT molecular complexity index is 1750. The van der Waals surface area contributed by atoms with Gasteiger partial charge in [-0.15, -0.1) is 0 Å². The van der Waals surface area contributed by atoms with E-state index in [1.165, 1.54) is 41.9 Å². The Labute approximate surface area is 274 Å². The van der Waals surface area contributed by atoms with Gasteiger partial charge < -0.3 is 0 Å². The molecule has 0 unspecified atom stereocenters. The molecular weight excluding hydrogens is 741 g/mol. The molecule has 0 radical (unpaired) electrons. The number of hydrogen-bond donors (Lipinski definition) is 3. The second kappa shape index (κ2) is 12.3. The van der Waals surface area contributed by atoms with Gasteiger partial charge in [0.25, 0.3) is 0 Å². The summed E-state index contributed by atoms with van der Waals surface area (Å²) in [7, 11) is -2.54. The Hall–Kier alpha value is -2.46. The van der Waals surface area contributed by atoms with Crippen LogP contribution in [0.3, 0.4) is 0 Å². The molecule has 0 spiro atoms. The molecule has 3 aliphatic rings. The second-order valence-corrected chi connectivity index (χ2v) is 17.8. The number of alkyl halides is 2. The molecule has 0 bridgehead atoms. The molecule has 4 heterocycles. The number of benzene rings is 2. The number of halogens is 3. The molecule has 3 atom stereocenters. The zero-order chi connectivity index (χ0) is 32.3. The third-order valence-corrected chi connectivity index (χ3v) is 14.2. The molecule has 3 aliphatic heterocycles. The number of hydrogen-bond acceptors (Lipinski definition) is 7. The van der Waals surface area contributed by atoms with E-state index in [1.54, 1.807) is 11.0 Å². The zero-order valence-electron chi connectivity index (χ0n) is 24.6. The number of ketones is 1. The van der Waals surface area contributed by atoms with Crippen molar-refractivity contribution in [3.8, 4) is 0 Å². The van der Waals surface area contributed by atoms with Gasteiger partial charge in [-0.2, -0.15) is 0 Å². The molecule has 3 aromatic rings. The molecule has 12 nitrogen and oxygen atoms in total. The minimum absolute atomic E-state index is 0.0465. The van der Waals surface area contributed by atoms with Crippen LogP contribution in [0.25, 0.3) is 10.9 Å². The van der Waals surface area contributed by atoms with Gasteiger partial charge in [0.05, 0.1) is 0 Å². The molecule has 0 saturated carbocycles. The van der Waals surface area contributed by atoms with Crippen LogP contribution in [0.5, 0.6) is 0 Å². The summed E-state index contributed by atoms with van der Waals surface area (Å²) in [5, 5.41) is 7.22. The number of piperazine rings is 1. The van der Waals surface area contributed by atoms with E-state index in [0.29, 0.717) is 11.8 Å². The Morgan fingerprint density at radius 3 is 2.60 bits per heavy atom. The SMILES string of the molecule is CC(=O)c1nn(CC(=O)N2[C@H](C(=O)NCc3cccc(Cl)c3F)C[C@@]3(CN4CCN(C)CC4)[I-][C@@H]23)c2cc(P(=O)(O)O)ccc12. The predicted octanol–water partition coefficient (Wildman–Crippen LogP) is -1.83. The number of nitrogens with one attached hydrogen (secondary N) is 1. The van der Waals surface area contributed by atoms with Gasteiger partial charge in [0.15, 0.2) is 0 Å². The standard InChI is InChI=1S/C29H33ClFIN6O6P/c1-17(39)26-20-7-6-19(45(42,43)44)12-22(20)37(34-26)15-24(40)38-23(27(41)33-14-18-4-3-5-21(30)25(18)31)13-29(28(38)32-29)16-36-10-8-35(2)9-11-36/h3-7,12,23,28H,8-11,13-16H2,1-2H3,(H,33,41)(H2,42,43,44)/q-1/t23-,28-,29-/m0/s1. The fourth-order valence-electron chi connectivity index (χ4n) is 6.19. The van der Waals surface area contributed by atoms with Crippen LogP contribution in [-0.2, 0) is 27.2 Å². The number of likely N-dealkylation sites (tertiary alicyclic amines) is 1. The van der Waals surface area contributed by atoms with E-state index < -0.39 is 46.6 Å². The van der Waals surface area contributed by atoms with Gasteiger partial charge in [0.1, 0.15) is 0 Å². The zero-order valence-corrected chi connectivity index (χ0v) is 28.4. The van der Waals surface area contributed by atoms with Crippen molar-refractivity contribution in [1.82, 2.24) is 29.8 Å². The van der Waals surface area contributed by atoms with Crippen LogP contribution in [0.15, 0.2) is 36.4 Å². The summed E-state index contributed by atoms with van der Waals surface area (Å²) in [6.07, 6.45) is 0.494. The maximum atomic E-state index is 14.5. The van der Waals surface area contributed by atoms with Crippen LogP contribution in [0, 0.1) is 5.82 Å². The van der Waals surface area contributed by atoms with Gasteiger partial charge in [-0.25, -0.2) is 0 Å². The third-order valence-electron chi connectivity index (χ3n) is 8.66. The first kappa shape index (κ1) is 32.5. The van der Waals surface area contributed by atoms with Crippen molar-refractivity contribution in [2.24, 2.45) is 0 Å². The number of rotatable bonds is 9. The second-order valence-electron chi connectivity index (χ2n) is 11.8. The predicted molar refractivity (Wildman–Crippen MR) is 160 cm³/mol. The van der Waals surface area contributed by atoms with Crippen molar-refractivity contribution in [3.05, 3.63) is 58.5 Å². The normalized spacial score (nSPS) is 23.9. The number of nitrogens with zero attached hydrogens (tertiary/aromatic N) is 5. The molecule has 6 rings (SSSR count). The fourth-order valence-corrected chi connectivity index (χ4v) is 11.0. The first-order valence-corrected chi connectivity index (χ1v) is 18.7. The van der Waals surface area contributed by atoms with Crippen molar-refractivity contribution < 1.29 is 54.3 Å². The molecule has 242 valence electrons. The molecule has 3 N–H and O–H groups in total. The topological polar surface area (TPSA) is 148 Å². The van der Waals surface area contributed by atoms with Gasteiger partial charge in [0.2, 0.25) is 0 Å². The van der Waals surface area contributed by atoms with E-state index in [2.05, 4.69) is 27.3 Å². The minimum atomic E-state index is -4.62. The van der Waals surface area contributed by atoms with Gasteiger partial charge in [-0.1, -0.05) is 0 Å². The molecule has 0 aliphatic carbocycles. The number of amides is 2. The Balaban J connectivity index is 1.28. The van der Waals surface area contributed by atoms with Crippen molar-refractivity contribution in [2.45, 2.75) is 39.9 Å². The summed E-state index contributed by atoms with van der Waals surface area (Å²) < 4.78 is 27.6. The van der Waals surface area contributed by atoms with Gasteiger partial charge >= 0.3 is 275 Å². The van der Waals surface area contributed by atoms with Crippen LogP contribution in [0.2, 0.25) is 5.02 Å². The molecule has 16 heteroatoms. The van der Waals surface area contributed by atoms with E-state index in [-0.39, 0.29) is 59.4 Å². The number of fused-ring (bicyclic) bond motifs is 2. The molecule has 3 fully saturated rings. The van der Waals surface area contributed by atoms with Crippen LogP contribution >= 0.6 is 19.2 Å². The first-order valence-electron chi connectivity index (χ1n) is 14.4. The van der Waals surface area contributed by atoms with E-state index in [0.717, 1.165) is 32.7 Å². The van der Waals surface area contributed by atoms with Gasteiger partial charge in [-0.05, 0) is 0 Å². The number of Topliss-reactive ketones (excluding diaryl/α,β-unsaturated/α-hetero) is 1. The van der Waals surface area contributed by atoms with Crippen LogP contribution < -0.4 is 31.8 Å². The number of likely N-dealkylation sites (N-methyl/N-ethyl adjacent to an activating group) is 1.